The first kappa shape index (κ1) is 27.6. The summed E-state index contributed by atoms with van der Waals surface area (Å²) in [6.45, 7) is 8.28. The fraction of sp³-hybridized carbons (Fsp3) is 0.233. The predicted molar refractivity (Wildman–Crippen MR) is 158 cm³/mol. The van der Waals surface area contributed by atoms with Crippen molar-refractivity contribution in [2.24, 2.45) is 5.10 Å². The third kappa shape index (κ3) is 6.00. The summed E-state index contributed by atoms with van der Waals surface area (Å²) in [5.41, 5.74) is 2.93. The van der Waals surface area contributed by atoms with Crippen molar-refractivity contribution in [3.63, 3.8) is 0 Å². The number of aromatic nitrogens is 2. The van der Waals surface area contributed by atoms with Gasteiger partial charge in [0, 0.05) is 26.5 Å². The average molecular weight is 595 g/mol. The van der Waals surface area contributed by atoms with E-state index in [0.29, 0.717) is 46.3 Å². The molecule has 4 rings (SSSR count). The van der Waals surface area contributed by atoms with Gasteiger partial charge in [0.2, 0.25) is 0 Å². The van der Waals surface area contributed by atoms with E-state index in [9.17, 15) is 4.79 Å². The molecule has 0 saturated carbocycles. The standard InChI is InChI=1S/C30H29BrClN3O3/c1-5-9-21-14-20(15-27(37-4)28(21)38-18-22-10-7-8-11-25(22)32)17-33-35-29(19(3)6-2)34-26-13-12-23(31)16-24(26)30(35)36/h5,7-8,10-17,19H,1,6,9,18H2,2-4H3/t19-/m0/s1. The van der Waals surface area contributed by atoms with E-state index in [1.54, 1.807) is 25.5 Å². The minimum atomic E-state index is -0.221. The highest BCUT2D eigenvalue weighted by Gasteiger charge is 2.17. The van der Waals surface area contributed by atoms with Gasteiger partial charge in [-0.25, -0.2) is 4.98 Å². The molecule has 6 nitrogen and oxygen atoms in total. The molecule has 1 heterocycles. The lowest BCUT2D eigenvalue weighted by Crippen LogP contribution is -2.23. The van der Waals surface area contributed by atoms with Crippen molar-refractivity contribution in [1.29, 1.82) is 0 Å². The second kappa shape index (κ2) is 12.4. The second-order valence-corrected chi connectivity index (χ2v) is 10.2. The fourth-order valence-electron chi connectivity index (χ4n) is 4.05. The fourth-order valence-corrected chi connectivity index (χ4v) is 4.60. The van der Waals surface area contributed by atoms with E-state index < -0.39 is 0 Å². The summed E-state index contributed by atoms with van der Waals surface area (Å²) in [6.07, 6.45) is 4.82. The van der Waals surface area contributed by atoms with Crippen LogP contribution in [0.1, 0.15) is 48.7 Å². The van der Waals surface area contributed by atoms with Crippen molar-refractivity contribution in [2.75, 3.05) is 7.11 Å². The first-order valence-corrected chi connectivity index (χ1v) is 13.5. The van der Waals surface area contributed by atoms with E-state index in [0.717, 1.165) is 27.6 Å². The maximum atomic E-state index is 13.5. The Balaban J connectivity index is 1.76. The molecule has 0 amide bonds. The number of benzene rings is 3. The number of nitrogens with zero attached hydrogens (tertiary/aromatic N) is 3. The number of rotatable bonds is 10. The molecule has 0 fully saturated rings. The highest BCUT2D eigenvalue weighted by atomic mass is 79.9. The molecule has 0 spiro atoms. The predicted octanol–water partition coefficient (Wildman–Crippen LogP) is 7.52. The Morgan fingerprint density at radius 3 is 2.68 bits per heavy atom. The van der Waals surface area contributed by atoms with Gasteiger partial charge in [0.05, 0.1) is 24.2 Å². The molecule has 0 bridgehead atoms. The average Bonchev–Trinajstić information content (AvgIpc) is 2.92. The van der Waals surface area contributed by atoms with Gasteiger partial charge in [0.1, 0.15) is 12.4 Å². The van der Waals surface area contributed by atoms with Gasteiger partial charge >= 0.3 is 0 Å². The third-order valence-corrected chi connectivity index (χ3v) is 7.14. The largest absolute Gasteiger partial charge is 0.493 e. The van der Waals surface area contributed by atoms with Crippen molar-refractivity contribution in [2.45, 2.75) is 39.2 Å². The van der Waals surface area contributed by atoms with Crippen molar-refractivity contribution < 1.29 is 9.47 Å². The molecule has 0 N–H and O–H groups in total. The van der Waals surface area contributed by atoms with Crippen LogP contribution in [0.4, 0.5) is 0 Å². The molecule has 4 aromatic rings. The number of halogens is 2. The van der Waals surface area contributed by atoms with Crippen LogP contribution in [0, 0.1) is 0 Å². The highest BCUT2D eigenvalue weighted by molar-refractivity contribution is 9.10. The van der Waals surface area contributed by atoms with Crippen LogP contribution in [-0.2, 0) is 13.0 Å². The van der Waals surface area contributed by atoms with Crippen molar-refractivity contribution in [3.8, 4) is 11.5 Å². The molecule has 0 aliphatic rings. The Morgan fingerprint density at radius 2 is 1.97 bits per heavy atom. The Hall–Kier alpha value is -3.42. The van der Waals surface area contributed by atoms with E-state index in [-0.39, 0.29) is 11.5 Å². The molecule has 1 aromatic heterocycles. The molecule has 1 atom stereocenters. The number of fused-ring (bicyclic) bond motifs is 1. The number of allylic oxidation sites excluding steroid dienone is 1. The maximum Gasteiger partial charge on any atom is 0.282 e. The van der Waals surface area contributed by atoms with Crippen LogP contribution in [-0.4, -0.2) is 23.0 Å². The molecule has 0 saturated heterocycles. The lowest BCUT2D eigenvalue weighted by Gasteiger charge is -2.16. The lowest BCUT2D eigenvalue weighted by atomic mass is 10.1. The molecular weight excluding hydrogens is 566 g/mol. The van der Waals surface area contributed by atoms with Crippen LogP contribution in [0.5, 0.6) is 11.5 Å². The summed E-state index contributed by atoms with van der Waals surface area (Å²) >= 11 is 9.76. The quantitative estimate of drug-likeness (QED) is 0.141. The number of methoxy groups -OCH3 is 1. The van der Waals surface area contributed by atoms with E-state index >= 15 is 0 Å². The zero-order chi connectivity index (χ0) is 27.2. The van der Waals surface area contributed by atoms with E-state index in [4.69, 9.17) is 26.1 Å². The molecule has 38 heavy (non-hydrogen) atoms. The van der Waals surface area contributed by atoms with Crippen LogP contribution in [0.3, 0.4) is 0 Å². The Labute approximate surface area is 235 Å². The molecule has 0 unspecified atom stereocenters. The summed E-state index contributed by atoms with van der Waals surface area (Å²) < 4.78 is 14.0. The maximum absolute atomic E-state index is 13.5. The Kier molecular flexibility index (Phi) is 9.02. The molecule has 0 aliphatic heterocycles. The molecule has 3 aromatic carbocycles. The molecule has 0 radical (unpaired) electrons. The van der Waals surface area contributed by atoms with Crippen molar-refractivity contribution >= 4 is 44.6 Å². The van der Waals surface area contributed by atoms with Crippen molar-refractivity contribution in [3.05, 3.63) is 110 Å². The van der Waals surface area contributed by atoms with Crippen LogP contribution in [0.25, 0.3) is 10.9 Å². The zero-order valence-electron chi connectivity index (χ0n) is 21.6. The smallest absolute Gasteiger partial charge is 0.282 e. The summed E-state index contributed by atoms with van der Waals surface area (Å²) in [7, 11) is 1.59. The van der Waals surface area contributed by atoms with Gasteiger partial charge in [-0.15, -0.1) is 6.58 Å². The topological polar surface area (TPSA) is 65.7 Å². The SMILES string of the molecule is C=CCc1cc(C=Nn2c([C@@H](C)CC)nc3ccc(Br)cc3c2=O)cc(OC)c1OCc1ccccc1Cl. The normalized spacial score (nSPS) is 12.1. The first-order valence-electron chi connectivity index (χ1n) is 12.3. The molecule has 8 heteroatoms. The van der Waals surface area contributed by atoms with Gasteiger partial charge in [-0.05, 0) is 54.8 Å². The minimum absolute atomic E-state index is 0.0411. The van der Waals surface area contributed by atoms with Crippen LogP contribution in [0.15, 0.2) is 81.6 Å². The monoisotopic (exact) mass is 593 g/mol. The first-order chi connectivity index (χ1) is 18.4. The number of ether oxygens (including phenoxy) is 2. The molecule has 196 valence electrons. The van der Waals surface area contributed by atoms with Gasteiger partial charge in [0.25, 0.3) is 5.56 Å². The summed E-state index contributed by atoms with van der Waals surface area (Å²) in [4.78, 5) is 18.2. The minimum Gasteiger partial charge on any atom is -0.493 e. The highest BCUT2D eigenvalue weighted by Crippen LogP contribution is 2.34. The zero-order valence-corrected chi connectivity index (χ0v) is 23.9. The second-order valence-electron chi connectivity index (χ2n) is 8.89. The number of hydrogen-bond donors (Lipinski definition) is 0. The van der Waals surface area contributed by atoms with E-state index in [1.807, 2.05) is 55.5 Å². The number of hydrogen-bond acceptors (Lipinski definition) is 5. The van der Waals surface area contributed by atoms with Gasteiger partial charge in [-0.2, -0.15) is 9.78 Å². The van der Waals surface area contributed by atoms with Crippen LogP contribution < -0.4 is 15.0 Å². The Bertz CT molecular complexity index is 1560. The summed E-state index contributed by atoms with van der Waals surface area (Å²) in [5.74, 6) is 1.81. The van der Waals surface area contributed by atoms with Gasteiger partial charge in [-0.3, -0.25) is 4.79 Å². The van der Waals surface area contributed by atoms with E-state index in [1.165, 1.54) is 4.68 Å². The van der Waals surface area contributed by atoms with Gasteiger partial charge in [0.15, 0.2) is 11.5 Å². The molecule has 0 aliphatic carbocycles. The van der Waals surface area contributed by atoms with Crippen molar-refractivity contribution in [1.82, 2.24) is 9.66 Å². The Morgan fingerprint density at radius 1 is 1.18 bits per heavy atom. The van der Waals surface area contributed by atoms with Crippen LogP contribution >= 0.6 is 27.5 Å². The molecular formula is C30H29BrClN3O3. The third-order valence-electron chi connectivity index (χ3n) is 6.28. The van der Waals surface area contributed by atoms with Gasteiger partial charge in [-0.1, -0.05) is 65.7 Å². The lowest BCUT2D eigenvalue weighted by molar-refractivity contribution is 0.282. The summed E-state index contributed by atoms with van der Waals surface area (Å²) in [6, 6.07) is 16.8. The van der Waals surface area contributed by atoms with E-state index in [2.05, 4.69) is 34.5 Å². The van der Waals surface area contributed by atoms with Crippen LogP contribution in [0.2, 0.25) is 5.02 Å². The van der Waals surface area contributed by atoms with Gasteiger partial charge < -0.3 is 9.47 Å². The summed E-state index contributed by atoms with van der Waals surface area (Å²) in [5, 5.41) is 5.73.